The molecule has 4 aromatic carbocycles. The number of aliphatic hydroxyl groups is 2. The van der Waals surface area contributed by atoms with E-state index in [1.807, 2.05) is 85.8 Å². The van der Waals surface area contributed by atoms with E-state index < -0.39 is 41.9 Å². The number of hydrogen-bond donors (Lipinski definition) is 2. The van der Waals surface area contributed by atoms with Crippen LogP contribution in [0.4, 0.5) is 0 Å². The summed E-state index contributed by atoms with van der Waals surface area (Å²) in [7, 11) is 0. The molecule has 1 aliphatic carbocycles. The van der Waals surface area contributed by atoms with Crippen molar-refractivity contribution < 1.29 is 33.9 Å². The molecule has 1 saturated carbocycles. The molecule has 2 N–H and O–H groups in total. The van der Waals surface area contributed by atoms with E-state index in [0.717, 1.165) is 39.1 Å². The fourth-order valence-corrected chi connectivity index (χ4v) is 6.85. The first-order valence-electron chi connectivity index (χ1n) is 15.3. The summed E-state index contributed by atoms with van der Waals surface area (Å²) >= 11 is 0. The van der Waals surface area contributed by atoms with Crippen LogP contribution in [0.3, 0.4) is 0 Å². The Morgan fingerprint density at radius 1 is 0.773 bits per heavy atom. The molecule has 4 aromatic rings. The van der Waals surface area contributed by atoms with Crippen molar-refractivity contribution in [1.29, 1.82) is 0 Å². The van der Waals surface area contributed by atoms with Gasteiger partial charge in [0, 0.05) is 5.56 Å². The van der Waals surface area contributed by atoms with Crippen LogP contribution in [-0.2, 0) is 44.4 Å². The molecule has 44 heavy (non-hydrogen) atoms. The fourth-order valence-electron chi connectivity index (χ4n) is 6.85. The van der Waals surface area contributed by atoms with Gasteiger partial charge in [0.25, 0.3) is 0 Å². The van der Waals surface area contributed by atoms with Crippen LogP contribution in [0.15, 0.2) is 103 Å². The summed E-state index contributed by atoms with van der Waals surface area (Å²) in [5.41, 5.74) is 3.22. The van der Waals surface area contributed by atoms with E-state index in [4.69, 9.17) is 23.7 Å². The molecule has 3 heterocycles. The van der Waals surface area contributed by atoms with Crippen LogP contribution in [-0.4, -0.2) is 52.9 Å². The van der Waals surface area contributed by atoms with Crippen LogP contribution in [0.2, 0.25) is 0 Å². The second-order valence-electron chi connectivity index (χ2n) is 12.0. The zero-order chi connectivity index (χ0) is 30.4. The largest absolute Gasteiger partial charge is 0.494 e. The molecule has 3 aliphatic heterocycles. The minimum Gasteiger partial charge on any atom is -0.494 e. The first-order chi connectivity index (χ1) is 21.4. The van der Waals surface area contributed by atoms with Crippen LogP contribution in [0.5, 0.6) is 5.75 Å². The second-order valence-corrected chi connectivity index (χ2v) is 12.0. The molecule has 3 saturated heterocycles. The Morgan fingerprint density at radius 2 is 1.41 bits per heavy atom. The van der Waals surface area contributed by atoms with Crippen molar-refractivity contribution in [3.05, 3.63) is 137 Å². The molecule has 4 fully saturated rings. The highest BCUT2D eigenvalue weighted by molar-refractivity contribution is 5.46. The van der Waals surface area contributed by atoms with Crippen molar-refractivity contribution in [2.24, 2.45) is 0 Å². The monoisotopic (exact) mass is 594 g/mol. The molecule has 4 aliphatic rings. The Kier molecular flexibility index (Phi) is 7.57. The summed E-state index contributed by atoms with van der Waals surface area (Å²) in [6.45, 7) is 4.81. The molecular formula is C37H38O7. The summed E-state index contributed by atoms with van der Waals surface area (Å²) in [5.74, 6) is -0.550. The summed E-state index contributed by atoms with van der Waals surface area (Å²) < 4.78 is 32.1. The molecule has 4 bridgehead atoms. The van der Waals surface area contributed by atoms with E-state index in [2.05, 4.69) is 31.2 Å². The molecule has 0 radical (unpaired) electrons. The summed E-state index contributed by atoms with van der Waals surface area (Å²) in [5, 5.41) is 22.6. The zero-order valence-corrected chi connectivity index (χ0v) is 25.0. The Morgan fingerprint density at radius 3 is 2.00 bits per heavy atom. The second kappa shape index (κ2) is 11.4. The zero-order valence-electron chi connectivity index (χ0n) is 25.0. The Balaban J connectivity index is 1.25. The van der Waals surface area contributed by atoms with Gasteiger partial charge in [0.1, 0.15) is 24.1 Å². The fraction of sp³-hybridized carbons (Fsp3) is 0.351. The van der Waals surface area contributed by atoms with Crippen molar-refractivity contribution in [3.8, 4) is 5.75 Å². The van der Waals surface area contributed by atoms with Crippen LogP contribution in [0, 0.1) is 6.92 Å². The standard InChI is InChI=1S/C37H38O7/c1-3-40-31-18-15-26(16-19-31)20-29-21-30(17-14-25(29)2)37-33(42-23-28-12-8-5-9-13-28)32(41-22-27-10-6-4-7-11-27)36(39)34(43-37)35(36,24-38)44-37/h4-19,21,32-34,38-39H,3,20,22-24H2,1-2H3. The van der Waals surface area contributed by atoms with Gasteiger partial charge >= 0.3 is 0 Å². The summed E-state index contributed by atoms with van der Waals surface area (Å²) in [6, 6.07) is 34.0. The number of aliphatic hydroxyl groups excluding tert-OH is 1. The van der Waals surface area contributed by atoms with Crippen LogP contribution in [0.1, 0.15) is 40.3 Å². The van der Waals surface area contributed by atoms with Gasteiger partial charge in [-0.1, -0.05) is 84.9 Å². The van der Waals surface area contributed by atoms with E-state index in [1.165, 1.54) is 0 Å². The molecule has 0 spiro atoms. The molecule has 0 amide bonds. The summed E-state index contributed by atoms with van der Waals surface area (Å²) in [6.07, 6.45) is -1.70. The van der Waals surface area contributed by atoms with Crippen molar-refractivity contribution >= 4 is 0 Å². The maximum atomic E-state index is 12.0. The minimum atomic E-state index is -1.56. The lowest BCUT2D eigenvalue weighted by atomic mass is 9.84. The van der Waals surface area contributed by atoms with Crippen molar-refractivity contribution in [2.45, 2.75) is 68.8 Å². The first-order valence-corrected chi connectivity index (χ1v) is 15.3. The molecule has 6 unspecified atom stereocenters. The smallest absolute Gasteiger partial charge is 0.226 e. The lowest BCUT2D eigenvalue weighted by Gasteiger charge is -2.50. The number of fused-ring (bicyclic) bond motifs is 1. The van der Waals surface area contributed by atoms with Gasteiger partial charge in [0.15, 0.2) is 11.2 Å². The molecule has 228 valence electrons. The van der Waals surface area contributed by atoms with Crippen LogP contribution in [0.25, 0.3) is 0 Å². The number of hydrogen-bond acceptors (Lipinski definition) is 7. The van der Waals surface area contributed by atoms with Gasteiger partial charge in [-0.05, 0) is 66.3 Å². The summed E-state index contributed by atoms with van der Waals surface area (Å²) in [4.78, 5) is 0. The van der Waals surface area contributed by atoms with E-state index in [9.17, 15) is 10.2 Å². The van der Waals surface area contributed by atoms with Crippen LogP contribution < -0.4 is 4.74 Å². The van der Waals surface area contributed by atoms with Gasteiger partial charge in [-0.25, -0.2) is 0 Å². The highest BCUT2D eigenvalue weighted by Crippen LogP contribution is 2.71. The van der Waals surface area contributed by atoms with Crippen molar-refractivity contribution in [3.63, 3.8) is 0 Å². The Bertz CT molecular complexity index is 1590. The Labute approximate surface area is 257 Å². The average molecular weight is 595 g/mol. The van der Waals surface area contributed by atoms with E-state index in [1.54, 1.807) is 0 Å². The third-order valence-corrected chi connectivity index (χ3v) is 9.29. The maximum absolute atomic E-state index is 12.0. The first kappa shape index (κ1) is 29.2. The quantitative estimate of drug-likeness (QED) is 0.233. The minimum absolute atomic E-state index is 0.264. The van der Waals surface area contributed by atoms with E-state index in [-0.39, 0.29) is 13.2 Å². The number of aryl methyl sites for hydroxylation is 1. The third-order valence-electron chi connectivity index (χ3n) is 9.29. The molecule has 6 atom stereocenters. The van der Waals surface area contributed by atoms with Crippen molar-refractivity contribution in [1.82, 2.24) is 0 Å². The third kappa shape index (κ3) is 4.67. The molecular weight excluding hydrogens is 556 g/mol. The molecule has 8 rings (SSSR count). The van der Waals surface area contributed by atoms with Gasteiger partial charge in [-0.15, -0.1) is 0 Å². The van der Waals surface area contributed by atoms with Crippen molar-refractivity contribution in [2.75, 3.05) is 13.2 Å². The van der Waals surface area contributed by atoms with Gasteiger partial charge in [-0.3, -0.25) is 0 Å². The number of ether oxygens (including phenoxy) is 5. The SMILES string of the molecule is CCOc1ccc(Cc2cc(C34OC5C(CO)(O3)C5(O)C(OCc3ccccc3)C4OCc3ccccc3)ccc2C)cc1. The Hall–Kier alpha value is -3.56. The normalized spacial score (nSPS) is 29.9. The van der Waals surface area contributed by atoms with Crippen LogP contribution >= 0.6 is 0 Å². The number of rotatable bonds is 12. The molecule has 7 heteroatoms. The maximum Gasteiger partial charge on any atom is 0.226 e. The lowest BCUT2D eigenvalue weighted by Crippen LogP contribution is -2.67. The highest BCUT2D eigenvalue weighted by atomic mass is 16.8. The van der Waals surface area contributed by atoms with Gasteiger partial charge in [0.05, 0.1) is 26.4 Å². The van der Waals surface area contributed by atoms with Gasteiger partial charge in [-0.2, -0.15) is 0 Å². The molecule has 7 nitrogen and oxygen atoms in total. The lowest BCUT2D eigenvalue weighted by molar-refractivity contribution is -0.382. The topological polar surface area (TPSA) is 86.6 Å². The number of benzene rings is 4. The average Bonchev–Trinajstić information content (AvgIpc) is 3.37. The van der Waals surface area contributed by atoms with Gasteiger partial charge in [0.2, 0.25) is 5.79 Å². The van der Waals surface area contributed by atoms with E-state index >= 15 is 0 Å². The predicted octanol–water partition coefficient (Wildman–Crippen LogP) is 5.21. The van der Waals surface area contributed by atoms with Gasteiger partial charge < -0.3 is 33.9 Å². The predicted molar refractivity (Wildman–Crippen MR) is 164 cm³/mol. The van der Waals surface area contributed by atoms with E-state index in [0.29, 0.717) is 13.0 Å². The molecule has 0 aromatic heterocycles. The highest BCUT2D eigenvalue weighted by Gasteiger charge is 2.95.